The number of esters is 1. The van der Waals surface area contributed by atoms with E-state index in [0.29, 0.717) is 19.6 Å². The topological polar surface area (TPSA) is 44.8 Å². The van der Waals surface area contributed by atoms with E-state index in [1.54, 1.807) is 0 Å². The monoisotopic (exact) mass is 500 g/mol. The fraction of sp³-hybridized carbons (Fsp3) is 0.424. The third-order valence-corrected chi connectivity index (χ3v) is 6.71. The molecule has 3 rings (SSSR count). The summed E-state index contributed by atoms with van der Waals surface area (Å²) in [5.41, 5.74) is 10.9. The maximum atomic E-state index is 13.1. The Morgan fingerprint density at radius 3 is 1.95 bits per heavy atom. The van der Waals surface area contributed by atoms with Crippen LogP contribution in [0.3, 0.4) is 0 Å². The van der Waals surface area contributed by atoms with Gasteiger partial charge >= 0.3 is 5.97 Å². The predicted octanol–water partition coefficient (Wildman–Crippen LogP) is 7.36. The zero-order chi connectivity index (χ0) is 26.6. The van der Waals surface area contributed by atoms with Gasteiger partial charge in [0, 0.05) is 5.57 Å². The molecular formula is C33H40O4. The molecule has 0 saturated heterocycles. The normalized spacial score (nSPS) is 25.1. The summed E-state index contributed by atoms with van der Waals surface area (Å²) in [6, 6.07) is 20.1. The van der Waals surface area contributed by atoms with Gasteiger partial charge in [0.15, 0.2) is 0 Å². The second kappa shape index (κ2) is 14.6. The number of rotatable bonds is 7. The maximum absolute atomic E-state index is 13.1. The van der Waals surface area contributed by atoms with Crippen molar-refractivity contribution in [2.75, 3.05) is 0 Å². The molecule has 5 atom stereocenters. The highest BCUT2D eigenvalue weighted by molar-refractivity contribution is 5.73. The molecule has 1 aliphatic heterocycles. The quantitative estimate of drug-likeness (QED) is 0.294. The molecule has 0 aliphatic carbocycles. The van der Waals surface area contributed by atoms with E-state index in [2.05, 4.69) is 37.4 Å². The lowest BCUT2D eigenvalue weighted by molar-refractivity contribution is -0.156. The lowest BCUT2D eigenvalue weighted by Gasteiger charge is -2.24. The van der Waals surface area contributed by atoms with Crippen LogP contribution in [0.2, 0.25) is 0 Å². The average molecular weight is 501 g/mol. The van der Waals surface area contributed by atoms with Crippen molar-refractivity contribution >= 4 is 5.97 Å². The van der Waals surface area contributed by atoms with Crippen molar-refractivity contribution in [3.8, 4) is 0 Å². The minimum Gasteiger partial charge on any atom is -0.457 e. The summed E-state index contributed by atoms with van der Waals surface area (Å²) >= 11 is 0. The Hall–Kier alpha value is -3.13. The highest BCUT2D eigenvalue weighted by Crippen LogP contribution is 2.22. The summed E-state index contributed by atoms with van der Waals surface area (Å²) in [6.45, 7) is 11.0. The number of benzene rings is 2. The Kier molecular flexibility index (Phi) is 11.2. The minimum absolute atomic E-state index is 0.146. The molecule has 5 unspecified atom stereocenters. The van der Waals surface area contributed by atoms with E-state index in [9.17, 15) is 4.79 Å². The smallest absolute Gasteiger partial charge is 0.312 e. The van der Waals surface area contributed by atoms with Crippen molar-refractivity contribution < 1.29 is 19.0 Å². The van der Waals surface area contributed by atoms with Gasteiger partial charge in [-0.25, -0.2) is 0 Å². The van der Waals surface area contributed by atoms with Crippen LogP contribution in [-0.2, 0) is 32.2 Å². The molecule has 0 radical (unpaired) electrons. The zero-order valence-electron chi connectivity index (χ0n) is 22.8. The first kappa shape index (κ1) is 28.4. The van der Waals surface area contributed by atoms with Crippen LogP contribution in [0.5, 0.6) is 0 Å². The Balaban J connectivity index is 1.88. The summed E-state index contributed by atoms with van der Waals surface area (Å²) < 4.78 is 18.5. The first-order chi connectivity index (χ1) is 17.9. The lowest BCUT2D eigenvalue weighted by atomic mass is 9.95. The molecule has 0 saturated carbocycles. The third kappa shape index (κ3) is 9.04. The number of cyclic esters (lactones) is 1. The van der Waals surface area contributed by atoms with E-state index < -0.39 is 12.0 Å². The molecule has 0 fully saturated rings. The number of hydrogen-bond donors (Lipinski definition) is 0. The Morgan fingerprint density at radius 1 is 0.838 bits per heavy atom. The molecule has 0 spiro atoms. The molecule has 1 heterocycles. The van der Waals surface area contributed by atoms with Crippen LogP contribution in [-0.4, -0.2) is 24.3 Å². The van der Waals surface area contributed by atoms with Gasteiger partial charge in [-0.2, -0.15) is 0 Å². The average Bonchev–Trinajstić information content (AvgIpc) is 2.91. The summed E-state index contributed by atoms with van der Waals surface area (Å²) in [5, 5.41) is 0. The molecule has 2 aromatic rings. The second-order valence-corrected chi connectivity index (χ2v) is 9.91. The molecular weight excluding hydrogens is 460 g/mol. The van der Waals surface area contributed by atoms with E-state index >= 15 is 0 Å². The van der Waals surface area contributed by atoms with Gasteiger partial charge in [-0.1, -0.05) is 74.5 Å². The first-order valence-electron chi connectivity index (χ1n) is 13.2. The molecule has 1 aliphatic rings. The molecule has 0 bridgehead atoms. The molecule has 37 heavy (non-hydrogen) atoms. The van der Waals surface area contributed by atoms with E-state index in [-0.39, 0.29) is 24.1 Å². The Bertz CT molecular complexity index is 1120. The second-order valence-electron chi connectivity index (χ2n) is 9.91. The summed E-state index contributed by atoms with van der Waals surface area (Å²) in [4.78, 5) is 13.1. The van der Waals surface area contributed by atoms with Gasteiger partial charge in [-0.05, 0) is 68.4 Å². The fourth-order valence-electron chi connectivity index (χ4n) is 4.30. The SMILES string of the molecule is CCC1OC(=O)C(C)C(OCc2ccccc2)C=C=C(C)CC(C)C(OCc2ccccc2)C=C=C1C. The molecule has 196 valence electrons. The van der Waals surface area contributed by atoms with E-state index in [4.69, 9.17) is 14.2 Å². The van der Waals surface area contributed by atoms with Gasteiger partial charge < -0.3 is 14.2 Å². The molecule has 0 N–H and O–H groups in total. The van der Waals surface area contributed by atoms with Crippen LogP contribution in [0.25, 0.3) is 0 Å². The minimum atomic E-state index is -0.475. The van der Waals surface area contributed by atoms with Crippen molar-refractivity contribution in [3.05, 3.63) is 107 Å². The van der Waals surface area contributed by atoms with Crippen molar-refractivity contribution in [1.29, 1.82) is 0 Å². The van der Waals surface area contributed by atoms with E-state index in [0.717, 1.165) is 28.7 Å². The molecule has 0 amide bonds. The zero-order valence-corrected chi connectivity index (χ0v) is 22.8. The van der Waals surface area contributed by atoms with Crippen LogP contribution in [0.1, 0.15) is 58.6 Å². The van der Waals surface area contributed by atoms with Crippen LogP contribution < -0.4 is 0 Å². The molecule has 2 aromatic carbocycles. The third-order valence-electron chi connectivity index (χ3n) is 6.71. The van der Waals surface area contributed by atoms with Gasteiger partial charge in [-0.3, -0.25) is 4.79 Å². The highest BCUT2D eigenvalue weighted by Gasteiger charge is 2.27. The number of hydrogen-bond acceptors (Lipinski definition) is 4. The van der Waals surface area contributed by atoms with Crippen LogP contribution >= 0.6 is 0 Å². The largest absolute Gasteiger partial charge is 0.457 e. The van der Waals surface area contributed by atoms with E-state index in [1.165, 1.54) is 0 Å². The van der Waals surface area contributed by atoms with Gasteiger partial charge in [0.25, 0.3) is 0 Å². The van der Waals surface area contributed by atoms with Crippen LogP contribution in [0, 0.1) is 11.8 Å². The van der Waals surface area contributed by atoms with Crippen molar-refractivity contribution in [3.63, 3.8) is 0 Å². The highest BCUT2D eigenvalue weighted by atomic mass is 16.5. The Morgan fingerprint density at radius 2 is 1.38 bits per heavy atom. The van der Waals surface area contributed by atoms with Crippen molar-refractivity contribution in [1.82, 2.24) is 0 Å². The Labute approximate surface area is 222 Å². The molecule has 0 aromatic heterocycles. The number of carbonyl (C=O) groups is 1. The van der Waals surface area contributed by atoms with E-state index in [1.807, 2.05) is 81.5 Å². The first-order valence-corrected chi connectivity index (χ1v) is 13.2. The van der Waals surface area contributed by atoms with Crippen molar-refractivity contribution in [2.24, 2.45) is 11.8 Å². The van der Waals surface area contributed by atoms with Gasteiger partial charge in [-0.15, -0.1) is 11.5 Å². The van der Waals surface area contributed by atoms with Gasteiger partial charge in [0.1, 0.15) is 6.10 Å². The summed E-state index contributed by atoms with van der Waals surface area (Å²) in [5.74, 6) is -0.558. The summed E-state index contributed by atoms with van der Waals surface area (Å²) in [6.07, 6.45) is 4.37. The number of ether oxygens (including phenoxy) is 3. The van der Waals surface area contributed by atoms with Crippen LogP contribution in [0.15, 0.2) is 95.4 Å². The standard InChI is InChI=1S/C33H40O4/c1-6-30-25(3)18-20-31(35-22-28-13-9-7-10-14-28)26(4)21-24(2)17-19-32(27(5)33(34)37-30)36-23-29-15-11-8-12-16-29/h7-16,19-20,26-27,30-32H,6,21-23H2,1-5H3. The van der Waals surface area contributed by atoms with Gasteiger partial charge in [0.2, 0.25) is 0 Å². The summed E-state index contributed by atoms with van der Waals surface area (Å²) in [7, 11) is 0. The lowest BCUT2D eigenvalue weighted by Crippen LogP contribution is -2.31. The fourth-order valence-corrected chi connectivity index (χ4v) is 4.30. The molecule has 4 nitrogen and oxygen atoms in total. The number of carbonyl (C=O) groups excluding carboxylic acids is 1. The van der Waals surface area contributed by atoms with Crippen molar-refractivity contribution in [2.45, 2.75) is 79.0 Å². The van der Waals surface area contributed by atoms with Crippen LogP contribution in [0.4, 0.5) is 0 Å². The predicted molar refractivity (Wildman–Crippen MR) is 148 cm³/mol. The molecule has 4 heteroatoms. The maximum Gasteiger partial charge on any atom is 0.312 e. The van der Waals surface area contributed by atoms with Gasteiger partial charge in [0.05, 0.1) is 31.3 Å².